The van der Waals surface area contributed by atoms with E-state index in [4.69, 9.17) is 0 Å². The Labute approximate surface area is 218 Å². The van der Waals surface area contributed by atoms with Crippen LogP contribution in [0.2, 0.25) is 0 Å². The highest BCUT2D eigenvalue weighted by molar-refractivity contribution is 7.89. The second kappa shape index (κ2) is 11.0. The van der Waals surface area contributed by atoms with Gasteiger partial charge in [0.2, 0.25) is 10.0 Å². The number of carbonyl (C=O) groups excluding carboxylic acids is 2. The standard InChI is InChI=1S/C26H36N4O4S2/c1-5-14-29-16-13-21-22(17-29)35-25(23(21)26(32)28(3)4)27-24(31)19-9-11-20(12-10-19)36(33,34)30-15-7-6-8-18(30)2/h9-12,18H,5-8,13-17H2,1-4H3,(H,27,31). The van der Waals surface area contributed by atoms with Crippen LogP contribution in [0.5, 0.6) is 0 Å². The zero-order chi connectivity index (χ0) is 26.0. The number of nitrogens with zero attached hydrogens (tertiary/aromatic N) is 3. The van der Waals surface area contributed by atoms with Gasteiger partial charge in [0.05, 0.1) is 10.5 Å². The zero-order valence-electron chi connectivity index (χ0n) is 21.5. The maximum atomic E-state index is 13.2. The van der Waals surface area contributed by atoms with Crippen molar-refractivity contribution in [3.05, 3.63) is 45.8 Å². The molecule has 1 saturated heterocycles. The van der Waals surface area contributed by atoms with Crippen LogP contribution in [0.1, 0.15) is 70.7 Å². The smallest absolute Gasteiger partial charge is 0.256 e. The Hall–Kier alpha value is -2.27. The average molecular weight is 533 g/mol. The van der Waals surface area contributed by atoms with Crippen LogP contribution in [0.3, 0.4) is 0 Å². The van der Waals surface area contributed by atoms with Crippen LogP contribution < -0.4 is 5.32 Å². The maximum Gasteiger partial charge on any atom is 0.256 e. The number of rotatable bonds is 7. The van der Waals surface area contributed by atoms with Crippen molar-refractivity contribution in [2.24, 2.45) is 0 Å². The van der Waals surface area contributed by atoms with Crippen molar-refractivity contribution in [1.82, 2.24) is 14.1 Å². The molecule has 2 aliphatic heterocycles. The second-order valence-electron chi connectivity index (χ2n) is 9.87. The number of fused-ring (bicyclic) bond motifs is 1. The molecule has 1 aromatic carbocycles. The van der Waals surface area contributed by atoms with Crippen molar-refractivity contribution in [3.63, 3.8) is 0 Å². The molecule has 0 spiro atoms. The van der Waals surface area contributed by atoms with Gasteiger partial charge in [-0.2, -0.15) is 4.31 Å². The third-order valence-electron chi connectivity index (χ3n) is 6.99. The normalized spacial score (nSPS) is 19.1. The molecule has 0 radical (unpaired) electrons. The van der Waals surface area contributed by atoms with E-state index in [-0.39, 0.29) is 22.8 Å². The molecule has 1 aromatic heterocycles. The molecular formula is C26H36N4O4S2. The van der Waals surface area contributed by atoms with Crippen molar-refractivity contribution in [2.75, 3.05) is 39.0 Å². The molecule has 4 rings (SSSR count). The van der Waals surface area contributed by atoms with Crippen molar-refractivity contribution < 1.29 is 18.0 Å². The van der Waals surface area contributed by atoms with Gasteiger partial charge in [-0.1, -0.05) is 13.3 Å². The van der Waals surface area contributed by atoms with Crippen LogP contribution in [0, 0.1) is 0 Å². The Morgan fingerprint density at radius 3 is 2.50 bits per heavy atom. The van der Waals surface area contributed by atoms with Crippen molar-refractivity contribution in [3.8, 4) is 0 Å². The fourth-order valence-corrected chi connectivity index (χ4v) is 8.00. The number of hydrogen-bond donors (Lipinski definition) is 1. The molecule has 0 aliphatic carbocycles. The molecular weight excluding hydrogens is 496 g/mol. The van der Waals surface area contributed by atoms with Crippen LogP contribution in [0.4, 0.5) is 5.00 Å². The molecule has 3 heterocycles. The van der Waals surface area contributed by atoms with E-state index in [0.29, 0.717) is 22.7 Å². The van der Waals surface area contributed by atoms with E-state index in [1.54, 1.807) is 30.5 Å². The highest BCUT2D eigenvalue weighted by Crippen LogP contribution is 2.38. The maximum absolute atomic E-state index is 13.2. The van der Waals surface area contributed by atoms with E-state index in [0.717, 1.165) is 62.2 Å². The molecule has 0 bridgehead atoms. The monoisotopic (exact) mass is 532 g/mol. The van der Waals surface area contributed by atoms with Gasteiger partial charge in [-0.15, -0.1) is 11.3 Å². The summed E-state index contributed by atoms with van der Waals surface area (Å²) in [6.45, 7) is 7.28. The lowest BCUT2D eigenvalue weighted by Gasteiger charge is -2.32. The first-order valence-corrected chi connectivity index (χ1v) is 14.9. The predicted molar refractivity (Wildman–Crippen MR) is 143 cm³/mol. The van der Waals surface area contributed by atoms with E-state index in [9.17, 15) is 18.0 Å². The van der Waals surface area contributed by atoms with Crippen molar-refractivity contribution in [1.29, 1.82) is 0 Å². The molecule has 1 fully saturated rings. The quantitative estimate of drug-likeness (QED) is 0.582. The summed E-state index contributed by atoms with van der Waals surface area (Å²) in [6.07, 6.45) is 4.59. The van der Waals surface area contributed by atoms with E-state index in [2.05, 4.69) is 17.1 Å². The highest BCUT2D eigenvalue weighted by Gasteiger charge is 2.32. The molecule has 1 unspecified atom stereocenters. The lowest BCUT2D eigenvalue weighted by Crippen LogP contribution is -2.41. The first kappa shape index (κ1) is 26.8. The fraction of sp³-hybridized carbons (Fsp3) is 0.538. The number of benzene rings is 1. The number of anilines is 1. The minimum Gasteiger partial charge on any atom is -0.345 e. The van der Waals surface area contributed by atoms with Gasteiger partial charge in [0, 0.05) is 50.2 Å². The zero-order valence-corrected chi connectivity index (χ0v) is 23.2. The van der Waals surface area contributed by atoms with E-state index >= 15 is 0 Å². The molecule has 2 amide bonds. The number of amides is 2. The molecule has 2 aromatic rings. The molecule has 0 saturated carbocycles. The Morgan fingerprint density at radius 1 is 1.14 bits per heavy atom. The van der Waals surface area contributed by atoms with Gasteiger partial charge in [0.1, 0.15) is 5.00 Å². The van der Waals surface area contributed by atoms with Crippen LogP contribution >= 0.6 is 11.3 Å². The van der Waals surface area contributed by atoms with Gasteiger partial charge in [-0.3, -0.25) is 14.5 Å². The fourth-order valence-electron chi connectivity index (χ4n) is 5.02. The lowest BCUT2D eigenvalue weighted by atomic mass is 10.0. The summed E-state index contributed by atoms with van der Waals surface area (Å²) < 4.78 is 27.8. The van der Waals surface area contributed by atoms with E-state index < -0.39 is 10.0 Å². The Kier molecular flexibility index (Phi) is 8.18. The summed E-state index contributed by atoms with van der Waals surface area (Å²) in [5.74, 6) is -0.481. The number of hydrogen-bond acceptors (Lipinski definition) is 6. The average Bonchev–Trinajstić information content (AvgIpc) is 3.20. The minimum absolute atomic E-state index is 0.0301. The van der Waals surface area contributed by atoms with Crippen molar-refractivity contribution >= 4 is 38.2 Å². The van der Waals surface area contributed by atoms with E-state index in [1.165, 1.54) is 28.4 Å². The van der Waals surface area contributed by atoms with E-state index in [1.807, 2.05) is 6.92 Å². The molecule has 1 N–H and O–H groups in total. The largest absolute Gasteiger partial charge is 0.345 e. The van der Waals surface area contributed by atoms with Crippen molar-refractivity contribution in [2.45, 2.75) is 63.4 Å². The predicted octanol–water partition coefficient (Wildman–Crippen LogP) is 4.03. The Morgan fingerprint density at radius 2 is 1.86 bits per heavy atom. The third-order valence-corrected chi connectivity index (χ3v) is 10.1. The number of piperidine rings is 1. The number of nitrogens with one attached hydrogen (secondary N) is 1. The lowest BCUT2D eigenvalue weighted by molar-refractivity contribution is 0.0827. The molecule has 2 aliphatic rings. The van der Waals surface area contributed by atoms with Crippen LogP contribution in [-0.2, 0) is 23.0 Å². The van der Waals surface area contributed by atoms with Crippen LogP contribution in [0.15, 0.2) is 29.2 Å². The summed E-state index contributed by atoms with van der Waals surface area (Å²) in [5.41, 5.74) is 1.95. The molecule has 36 heavy (non-hydrogen) atoms. The summed E-state index contributed by atoms with van der Waals surface area (Å²) in [7, 11) is -0.174. The first-order chi connectivity index (χ1) is 17.1. The molecule has 196 valence electrons. The van der Waals surface area contributed by atoms with Gasteiger partial charge in [-0.05, 0) is 69.0 Å². The number of carbonyl (C=O) groups is 2. The van der Waals surface area contributed by atoms with Crippen LogP contribution in [0.25, 0.3) is 0 Å². The summed E-state index contributed by atoms with van der Waals surface area (Å²) in [4.78, 5) is 31.4. The number of sulfonamides is 1. The second-order valence-corrected chi connectivity index (χ2v) is 12.9. The summed E-state index contributed by atoms with van der Waals surface area (Å²) >= 11 is 1.46. The van der Waals surface area contributed by atoms with Gasteiger partial charge >= 0.3 is 0 Å². The Balaban J connectivity index is 1.56. The first-order valence-electron chi connectivity index (χ1n) is 12.6. The van der Waals surface area contributed by atoms with Gasteiger partial charge < -0.3 is 10.2 Å². The minimum atomic E-state index is -3.60. The van der Waals surface area contributed by atoms with Gasteiger partial charge in [-0.25, -0.2) is 8.42 Å². The Bertz CT molecular complexity index is 1220. The highest BCUT2D eigenvalue weighted by atomic mass is 32.2. The van der Waals surface area contributed by atoms with Crippen LogP contribution in [-0.4, -0.2) is 74.1 Å². The summed E-state index contributed by atoms with van der Waals surface area (Å²) in [5, 5.41) is 3.51. The molecule has 1 atom stereocenters. The third kappa shape index (κ3) is 5.37. The SMILES string of the molecule is CCCN1CCc2c(sc(NC(=O)c3ccc(S(=O)(=O)N4CCCCC4C)cc3)c2C(=O)N(C)C)C1. The number of thiophene rings is 1. The summed E-state index contributed by atoms with van der Waals surface area (Å²) in [6, 6.07) is 6.05. The van der Waals surface area contributed by atoms with Gasteiger partial charge in [0.25, 0.3) is 11.8 Å². The molecule has 10 heteroatoms. The topological polar surface area (TPSA) is 90.0 Å². The molecule has 8 nitrogen and oxygen atoms in total. The van der Waals surface area contributed by atoms with Gasteiger partial charge in [0.15, 0.2) is 0 Å².